The Kier molecular flexibility index (Phi) is 4.31. The first-order valence-corrected chi connectivity index (χ1v) is 6.52. The van der Waals surface area contributed by atoms with Gasteiger partial charge in [-0.2, -0.15) is 0 Å². The van der Waals surface area contributed by atoms with Crippen LogP contribution in [0.25, 0.3) is 0 Å². The molecule has 1 aromatic carbocycles. The lowest BCUT2D eigenvalue weighted by Crippen LogP contribution is -2.13. The van der Waals surface area contributed by atoms with Crippen molar-refractivity contribution in [2.45, 2.75) is 0 Å². The third-order valence-electron chi connectivity index (χ3n) is 2.40. The van der Waals surface area contributed by atoms with Gasteiger partial charge in [0.25, 0.3) is 11.6 Å². The van der Waals surface area contributed by atoms with E-state index in [1.54, 1.807) is 12.1 Å². The van der Waals surface area contributed by atoms with Gasteiger partial charge in [0.1, 0.15) is 9.63 Å². The zero-order valence-electron chi connectivity index (χ0n) is 9.84. The molecule has 0 unspecified atom stereocenters. The second kappa shape index (κ2) is 5.98. The molecule has 0 aliphatic rings. The van der Waals surface area contributed by atoms with Crippen molar-refractivity contribution in [1.29, 1.82) is 0 Å². The van der Waals surface area contributed by atoms with E-state index in [-0.39, 0.29) is 16.3 Å². The quantitative estimate of drug-likeness (QED) is 0.516. The summed E-state index contributed by atoms with van der Waals surface area (Å²) in [6, 6.07) is 7.35. The van der Waals surface area contributed by atoms with Gasteiger partial charge in [0.15, 0.2) is 0 Å². The molecule has 0 radical (unpaired) electrons. The minimum Gasteiger partial charge on any atom is -0.321 e. The highest BCUT2D eigenvalue weighted by atomic mass is 79.9. The fourth-order valence-electron chi connectivity index (χ4n) is 1.48. The van der Waals surface area contributed by atoms with Crippen LogP contribution in [0.1, 0.15) is 10.4 Å². The summed E-state index contributed by atoms with van der Waals surface area (Å²) in [5.41, 5.74) is 0.179. The molecule has 8 heteroatoms. The van der Waals surface area contributed by atoms with Crippen LogP contribution in [0.3, 0.4) is 0 Å². The number of rotatable bonds is 3. The Morgan fingerprint density at radius 3 is 2.70 bits per heavy atom. The van der Waals surface area contributed by atoms with Gasteiger partial charge in [-0.1, -0.05) is 17.7 Å². The first-order valence-electron chi connectivity index (χ1n) is 5.35. The Balaban J connectivity index is 2.28. The monoisotopic (exact) mass is 355 g/mol. The number of nitrogens with zero attached hydrogens (tertiary/aromatic N) is 2. The van der Waals surface area contributed by atoms with Gasteiger partial charge in [0.05, 0.1) is 22.4 Å². The van der Waals surface area contributed by atoms with Gasteiger partial charge >= 0.3 is 0 Å². The number of hydrogen-bond acceptors (Lipinski definition) is 4. The molecule has 2 rings (SSSR count). The number of pyridine rings is 1. The van der Waals surface area contributed by atoms with E-state index in [1.165, 1.54) is 24.4 Å². The zero-order chi connectivity index (χ0) is 14.7. The van der Waals surface area contributed by atoms with Gasteiger partial charge in [-0.3, -0.25) is 14.9 Å². The average Bonchev–Trinajstić information content (AvgIpc) is 2.41. The highest BCUT2D eigenvalue weighted by molar-refractivity contribution is 9.10. The molecule has 0 fully saturated rings. The molecule has 20 heavy (non-hydrogen) atoms. The van der Waals surface area contributed by atoms with Crippen molar-refractivity contribution in [2.24, 2.45) is 0 Å². The summed E-state index contributed by atoms with van der Waals surface area (Å²) in [6.07, 6.45) is 1.45. The van der Waals surface area contributed by atoms with Crippen molar-refractivity contribution >= 4 is 44.8 Å². The number of aromatic nitrogens is 1. The SMILES string of the molecule is O=C(Nc1ccc(Br)nc1)c1cccc([N+](=O)[O-])c1Cl. The van der Waals surface area contributed by atoms with Crippen molar-refractivity contribution in [1.82, 2.24) is 4.98 Å². The van der Waals surface area contributed by atoms with Crippen LogP contribution in [0, 0.1) is 10.1 Å². The van der Waals surface area contributed by atoms with Crippen molar-refractivity contribution in [3.05, 3.63) is 61.8 Å². The van der Waals surface area contributed by atoms with Crippen LogP contribution in [0.4, 0.5) is 11.4 Å². The van der Waals surface area contributed by atoms with E-state index in [4.69, 9.17) is 11.6 Å². The average molecular weight is 357 g/mol. The van der Waals surface area contributed by atoms with E-state index < -0.39 is 10.8 Å². The van der Waals surface area contributed by atoms with E-state index in [0.717, 1.165) is 0 Å². The van der Waals surface area contributed by atoms with Crippen molar-refractivity contribution in [2.75, 3.05) is 5.32 Å². The van der Waals surface area contributed by atoms with E-state index in [2.05, 4.69) is 26.2 Å². The van der Waals surface area contributed by atoms with E-state index >= 15 is 0 Å². The number of anilines is 1. The second-order valence-electron chi connectivity index (χ2n) is 3.72. The van der Waals surface area contributed by atoms with Crippen LogP contribution in [0.15, 0.2) is 41.1 Å². The number of halogens is 2. The highest BCUT2D eigenvalue weighted by Crippen LogP contribution is 2.28. The van der Waals surface area contributed by atoms with Crippen LogP contribution in [0.2, 0.25) is 5.02 Å². The Morgan fingerprint density at radius 1 is 1.35 bits per heavy atom. The minimum absolute atomic E-state index is 0.0313. The molecule has 2 aromatic rings. The van der Waals surface area contributed by atoms with Crippen molar-refractivity contribution in [3.63, 3.8) is 0 Å². The molecule has 1 N–H and O–H groups in total. The lowest BCUT2D eigenvalue weighted by Gasteiger charge is -2.06. The molecule has 0 spiro atoms. The molecule has 0 bridgehead atoms. The third kappa shape index (κ3) is 3.12. The standard InChI is InChI=1S/C12H7BrClN3O3/c13-10-5-4-7(6-15-10)16-12(18)8-2-1-3-9(11(8)14)17(19)20/h1-6H,(H,16,18). The van der Waals surface area contributed by atoms with Gasteiger partial charge in [-0.05, 0) is 34.1 Å². The van der Waals surface area contributed by atoms with Crippen LogP contribution >= 0.6 is 27.5 Å². The maximum atomic E-state index is 12.0. The molecular formula is C12H7BrClN3O3. The molecule has 102 valence electrons. The van der Waals surface area contributed by atoms with E-state index in [9.17, 15) is 14.9 Å². The van der Waals surface area contributed by atoms with Crippen molar-refractivity contribution in [3.8, 4) is 0 Å². The number of hydrogen-bond donors (Lipinski definition) is 1. The largest absolute Gasteiger partial charge is 0.321 e. The fourth-order valence-corrected chi connectivity index (χ4v) is 2.00. The maximum Gasteiger partial charge on any atom is 0.288 e. The van der Waals surface area contributed by atoms with Crippen molar-refractivity contribution < 1.29 is 9.72 Å². The molecule has 1 aromatic heterocycles. The maximum absolute atomic E-state index is 12.0. The molecule has 0 atom stereocenters. The Morgan fingerprint density at radius 2 is 2.10 bits per heavy atom. The van der Waals surface area contributed by atoms with Gasteiger partial charge in [0, 0.05) is 6.07 Å². The molecule has 0 aliphatic heterocycles. The van der Waals surface area contributed by atoms with Gasteiger partial charge in [-0.25, -0.2) is 4.98 Å². The third-order valence-corrected chi connectivity index (χ3v) is 3.27. The zero-order valence-corrected chi connectivity index (χ0v) is 12.2. The smallest absolute Gasteiger partial charge is 0.288 e. The van der Waals surface area contributed by atoms with Gasteiger partial charge in [0.2, 0.25) is 0 Å². The van der Waals surface area contributed by atoms with Gasteiger partial charge < -0.3 is 5.32 Å². The highest BCUT2D eigenvalue weighted by Gasteiger charge is 2.19. The number of nitro groups is 1. The number of nitro benzene ring substituents is 1. The van der Waals surface area contributed by atoms with Crippen LogP contribution < -0.4 is 5.32 Å². The summed E-state index contributed by atoms with van der Waals surface area (Å²) in [5, 5.41) is 13.1. The van der Waals surface area contributed by atoms with E-state index in [0.29, 0.717) is 10.3 Å². The molecule has 1 amide bonds. The first-order chi connectivity index (χ1) is 9.49. The molecule has 0 aliphatic carbocycles. The molecular weight excluding hydrogens is 350 g/mol. The fraction of sp³-hybridized carbons (Fsp3) is 0. The van der Waals surface area contributed by atoms with Crippen LogP contribution in [-0.4, -0.2) is 15.8 Å². The summed E-state index contributed by atoms with van der Waals surface area (Å²) < 4.78 is 0.629. The number of carbonyl (C=O) groups is 1. The number of carbonyl (C=O) groups excluding carboxylic acids is 1. The number of nitrogens with one attached hydrogen (secondary N) is 1. The first kappa shape index (κ1) is 14.4. The topological polar surface area (TPSA) is 85.1 Å². The summed E-state index contributed by atoms with van der Waals surface area (Å²) in [4.78, 5) is 26.1. The second-order valence-corrected chi connectivity index (χ2v) is 4.91. The minimum atomic E-state index is -0.639. The lowest BCUT2D eigenvalue weighted by atomic mass is 10.2. The number of amides is 1. The Bertz CT molecular complexity index is 676. The Hall–Kier alpha value is -1.99. The Labute approximate surface area is 127 Å². The molecule has 6 nitrogen and oxygen atoms in total. The summed E-state index contributed by atoms with van der Waals surface area (Å²) in [7, 11) is 0. The molecule has 0 saturated carbocycles. The lowest BCUT2D eigenvalue weighted by molar-refractivity contribution is -0.384. The van der Waals surface area contributed by atoms with E-state index in [1.807, 2.05) is 0 Å². The predicted molar refractivity (Wildman–Crippen MR) is 78.0 cm³/mol. The summed E-state index contributed by atoms with van der Waals surface area (Å²) in [6.45, 7) is 0. The predicted octanol–water partition coefficient (Wildman–Crippen LogP) is 3.66. The van der Waals surface area contributed by atoms with Crippen LogP contribution in [0.5, 0.6) is 0 Å². The normalized spacial score (nSPS) is 10.1. The summed E-state index contributed by atoms with van der Waals surface area (Å²) in [5.74, 6) is -0.539. The number of benzene rings is 1. The van der Waals surface area contributed by atoms with Gasteiger partial charge in [-0.15, -0.1) is 0 Å². The molecule has 0 saturated heterocycles. The summed E-state index contributed by atoms with van der Waals surface area (Å²) >= 11 is 9.04. The molecule has 1 heterocycles. The van der Waals surface area contributed by atoms with Crippen LogP contribution in [-0.2, 0) is 0 Å².